The summed E-state index contributed by atoms with van der Waals surface area (Å²) in [5.74, 6) is 0. The Bertz CT molecular complexity index is 1030. The lowest BCUT2D eigenvalue weighted by Gasteiger charge is -2.33. The number of benzene rings is 4. The Morgan fingerprint density at radius 3 is 2.04 bits per heavy atom. The summed E-state index contributed by atoms with van der Waals surface area (Å²) in [6.45, 7) is 5.79. The minimum Gasteiger partial charge on any atom is -0.407 e. The van der Waals surface area contributed by atoms with Gasteiger partial charge in [-0.3, -0.25) is 0 Å². The molecule has 24 heavy (non-hydrogen) atoms. The largest absolute Gasteiger partial charge is 0.494 e. The molecule has 1 heterocycles. The van der Waals surface area contributed by atoms with Crippen LogP contribution in [0.1, 0.15) is 13.8 Å². The van der Waals surface area contributed by atoms with Crippen molar-refractivity contribution < 1.29 is 9.31 Å². The lowest BCUT2D eigenvalue weighted by atomic mass is 9.72. The molecule has 0 aliphatic carbocycles. The maximum absolute atomic E-state index is 6.05. The number of rotatable bonds is 1. The van der Waals surface area contributed by atoms with Crippen LogP contribution >= 0.6 is 0 Å². The predicted octanol–water partition coefficient (Wildman–Crippen LogP) is 4.35. The smallest absolute Gasteiger partial charge is 0.407 e. The molecular weight excluding hydrogens is 295 g/mol. The molecule has 0 aromatic heterocycles. The van der Waals surface area contributed by atoms with E-state index in [1.54, 1.807) is 0 Å². The van der Waals surface area contributed by atoms with Crippen molar-refractivity contribution in [3.05, 3.63) is 54.6 Å². The molecule has 2 nitrogen and oxygen atoms in total. The van der Waals surface area contributed by atoms with E-state index in [-0.39, 0.29) is 12.5 Å². The maximum Gasteiger partial charge on any atom is 0.494 e. The van der Waals surface area contributed by atoms with Gasteiger partial charge in [0.05, 0.1) is 0 Å². The van der Waals surface area contributed by atoms with E-state index >= 15 is 0 Å². The number of hydrogen-bond acceptors (Lipinski definition) is 2. The van der Waals surface area contributed by atoms with Crippen LogP contribution in [0, 0.1) is 5.41 Å². The van der Waals surface area contributed by atoms with Gasteiger partial charge in [0.15, 0.2) is 0 Å². The van der Waals surface area contributed by atoms with Crippen LogP contribution in [0.2, 0.25) is 0 Å². The zero-order chi connectivity index (χ0) is 16.3. The molecule has 4 aromatic carbocycles. The average Bonchev–Trinajstić information content (AvgIpc) is 2.60. The standard InChI is InChI=1S/C21H19BO2/c1-21(2)12-23-22(24-13-21)18-11-9-16-7-6-14-4-3-5-15-8-10-17(18)20(16)19(14)15/h3-11H,12-13H2,1-2H3. The average molecular weight is 314 g/mol. The molecule has 0 unspecified atom stereocenters. The summed E-state index contributed by atoms with van der Waals surface area (Å²) in [6.07, 6.45) is 0. The predicted molar refractivity (Wildman–Crippen MR) is 101 cm³/mol. The van der Waals surface area contributed by atoms with Gasteiger partial charge in [0, 0.05) is 18.6 Å². The third-order valence-electron chi connectivity index (χ3n) is 5.07. The van der Waals surface area contributed by atoms with Crippen LogP contribution in [-0.2, 0) is 9.31 Å². The van der Waals surface area contributed by atoms with Crippen molar-refractivity contribution in [1.82, 2.24) is 0 Å². The fraction of sp³-hybridized carbons (Fsp3) is 0.238. The van der Waals surface area contributed by atoms with E-state index in [2.05, 4.69) is 68.4 Å². The first kappa shape index (κ1) is 14.3. The molecule has 4 aromatic rings. The van der Waals surface area contributed by atoms with Crippen molar-refractivity contribution >= 4 is 44.9 Å². The summed E-state index contributed by atoms with van der Waals surface area (Å²) in [6, 6.07) is 19.7. The molecule has 1 saturated heterocycles. The van der Waals surface area contributed by atoms with E-state index in [4.69, 9.17) is 9.31 Å². The van der Waals surface area contributed by atoms with Crippen molar-refractivity contribution in [3.8, 4) is 0 Å². The van der Waals surface area contributed by atoms with Gasteiger partial charge in [-0.2, -0.15) is 0 Å². The van der Waals surface area contributed by atoms with Gasteiger partial charge in [0.2, 0.25) is 0 Å². The first-order chi connectivity index (χ1) is 11.6. The van der Waals surface area contributed by atoms with Crippen LogP contribution in [0.5, 0.6) is 0 Å². The topological polar surface area (TPSA) is 18.5 Å². The van der Waals surface area contributed by atoms with Gasteiger partial charge in [-0.25, -0.2) is 0 Å². The van der Waals surface area contributed by atoms with Gasteiger partial charge in [-0.15, -0.1) is 0 Å². The Labute approximate surface area is 141 Å². The van der Waals surface area contributed by atoms with Gasteiger partial charge in [0.1, 0.15) is 0 Å². The lowest BCUT2D eigenvalue weighted by Crippen LogP contribution is -2.47. The Morgan fingerprint density at radius 1 is 0.750 bits per heavy atom. The van der Waals surface area contributed by atoms with Crippen molar-refractivity contribution in [2.75, 3.05) is 13.2 Å². The van der Waals surface area contributed by atoms with E-state index in [1.807, 2.05) is 0 Å². The first-order valence-corrected chi connectivity index (χ1v) is 8.52. The third-order valence-corrected chi connectivity index (χ3v) is 5.07. The third kappa shape index (κ3) is 2.05. The molecule has 0 bridgehead atoms. The Balaban J connectivity index is 1.76. The zero-order valence-corrected chi connectivity index (χ0v) is 14.0. The highest BCUT2D eigenvalue weighted by Crippen LogP contribution is 2.34. The molecular formula is C21H19BO2. The molecule has 118 valence electrons. The van der Waals surface area contributed by atoms with Gasteiger partial charge in [-0.1, -0.05) is 68.4 Å². The Kier molecular flexibility index (Phi) is 2.94. The van der Waals surface area contributed by atoms with Gasteiger partial charge in [-0.05, 0) is 37.8 Å². The van der Waals surface area contributed by atoms with Gasteiger partial charge >= 0.3 is 7.12 Å². The Morgan fingerprint density at radius 2 is 1.33 bits per heavy atom. The van der Waals surface area contributed by atoms with Crippen LogP contribution in [0.25, 0.3) is 32.3 Å². The highest BCUT2D eigenvalue weighted by molar-refractivity contribution is 6.65. The highest BCUT2D eigenvalue weighted by Gasteiger charge is 2.34. The molecule has 0 radical (unpaired) electrons. The monoisotopic (exact) mass is 314 g/mol. The summed E-state index contributed by atoms with van der Waals surface area (Å²) in [7, 11) is -0.275. The number of hydrogen-bond donors (Lipinski definition) is 0. The highest BCUT2D eigenvalue weighted by atomic mass is 16.6. The van der Waals surface area contributed by atoms with Crippen LogP contribution in [-0.4, -0.2) is 20.3 Å². The van der Waals surface area contributed by atoms with Gasteiger partial charge in [0.25, 0.3) is 0 Å². The normalized spacial score (nSPS) is 18.0. The molecule has 0 saturated carbocycles. The molecule has 1 aliphatic rings. The summed E-state index contributed by atoms with van der Waals surface area (Å²) < 4.78 is 12.1. The van der Waals surface area contributed by atoms with Crippen molar-refractivity contribution in [2.45, 2.75) is 13.8 Å². The molecule has 0 amide bonds. The second-order valence-electron chi connectivity index (χ2n) is 7.63. The van der Waals surface area contributed by atoms with Crippen molar-refractivity contribution in [1.29, 1.82) is 0 Å². The maximum atomic E-state index is 6.05. The van der Waals surface area contributed by atoms with Gasteiger partial charge < -0.3 is 9.31 Å². The summed E-state index contributed by atoms with van der Waals surface area (Å²) >= 11 is 0. The quantitative estimate of drug-likeness (QED) is 0.384. The molecule has 0 atom stereocenters. The van der Waals surface area contributed by atoms with Crippen molar-refractivity contribution in [3.63, 3.8) is 0 Å². The summed E-state index contributed by atoms with van der Waals surface area (Å²) in [4.78, 5) is 0. The van der Waals surface area contributed by atoms with Crippen LogP contribution < -0.4 is 5.46 Å². The molecule has 1 aliphatic heterocycles. The fourth-order valence-corrected chi connectivity index (χ4v) is 3.84. The fourth-order valence-electron chi connectivity index (χ4n) is 3.84. The minimum atomic E-state index is -0.275. The van der Waals surface area contributed by atoms with E-state index in [1.165, 1.54) is 32.3 Å². The first-order valence-electron chi connectivity index (χ1n) is 8.52. The van der Waals surface area contributed by atoms with Crippen LogP contribution in [0.4, 0.5) is 0 Å². The van der Waals surface area contributed by atoms with Crippen molar-refractivity contribution in [2.24, 2.45) is 5.41 Å². The Hall–Kier alpha value is -2.10. The molecule has 0 N–H and O–H groups in total. The lowest BCUT2D eigenvalue weighted by molar-refractivity contribution is 0.0344. The van der Waals surface area contributed by atoms with Crippen LogP contribution in [0.15, 0.2) is 54.6 Å². The zero-order valence-electron chi connectivity index (χ0n) is 14.0. The summed E-state index contributed by atoms with van der Waals surface area (Å²) in [5.41, 5.74) is 1.22. The summed E-state index contributed by atoms with van der Waals surface area (Å²) in [5, 5.41) is 7.74. The van der Waals surface area contributed by atoms with Crippen LogP contribution in [0.3, 0.4) is 0 Å². The minimum absolute atomic E-state index is 0.0836. The van der Waals surface area contributed by atoms with E-state index in [0.29, 0.717) is 0 Å². The second kappa shape index (κ2) is 4.95. The molecule has 1 fully saturated rings. The van der Waals surface area contributed by atoms with E-state index in [9.17, 15) is 0 Å². The molecule has 3 heteroatoms. The molecule has 0 spiro atoms. The molecule has 5 rings (SSSR count). The van der Waals surface area contributed by atoms with E-state index < -0.39 is 0 Å². The van der Waals surface area contributed by atoms with E-state index in [0.717, 1.165) is 18.7 Å². The SMILES string of the molecule is CC1(C)COB(c2ccc3ccc4cccc5ccc2c3c45)OC1. The second-order valence-corrected chi connectivity index (χ2v) is 7.63.